The van der Waals surface area contributed by atoms with Crippen LogP contribution < -0.4 is 4.74 Å². The van der Waals surface area contributed by atoms with Crippen LogP contribution in [0.15, 0.2) is 24.3 Å². The zero-order valence-corrected chi connectivity index (χ0v) is 10.2. The zero-order valence-electron chi connectivity index (χ0n) is 10.2. The molecule has 0 spiro atoms. The standard InChI is InChI=1S/C14H18O3/c1-9(12-8-13(12)14(15)16)7-10-3-5-11(17-2)6-4-10/h3-6,9,12-13H,7-8H2,1-2H3,(H,15,16). The van der Waals surface area contributed by atoms with Crippen LogP contribution in [0.2, 0.25) is 0 Å². The minimum absolute atomic E-state index is 0.108. The molecule has 2 rings (SSSR count). The number of carboxylic acid groups (broad SMARTS) is 1. The van der Waals surface area contributed by atoms with Crippen molar-refractivity contribution in [2.75, 3.05) is 7.11 Å². The number of benzene rings is 1. The van der Waals surface area contributed by atoms with E-state index in [1.54, 1.807) is 7.11 Å². The van der Waals surface area contributed by atoms with Crippen molar-refractivity contribution < 1.29 is 14.6 Å². The molecule has 17 heavy (non-hydrogen) atoms. The van der Waals surface area contributed by atoms with Crippen molar-refractivity contribution in [1.29, 1.82) is 0 Å². The maximum Gasteiger partial charge on any atom is 0.306 e. The lowest BCUT2D eigenvalue weighted by atomic mass is 9.95. The highest BCUT2D eigenvalue weighted by Crippen LogP contribution is 2.45. The fourth-order valence-electron chi connectivity index (χ4n) is 2.41. The summed E-state index contributed by atoms with van der Waals surface area (Å²) in [6.07, 6.45) is 1.78. The van der Waals surface area contributed by atoms with Gasteiger partial charge in [0, 0.05) is 0 Å². The molecule has 1 aromatic carbocycles. The molecule has 0 amide bonds. The average Bonchev–Trinajstić information content (AvgIpc) is 3.10. The largest absolute Gasteiger partial charge is 0.497 e. The fourth-order valence-corrected chi connectivity index (χ4v) is 2.41. The molecule has 1 fully saturated rings. The number of aliphatic carboxylic acids is 1. The Labute approximate surface area is 101 Å². The Kier molecular flexibility index (Phi) is 3.36. The van der Waals surface area contributed by atoms with Gasteiger partial charge in [-0.3, -0.25) is 4.79 Å². The number of carboxylic acids is 1. The summed E-state index contributed by atoms with van der Waals surface area (Å²) in [5.41, 5.74) is 1.24. The third-order valence-electron chi connectivity index (χ3n) is 3.60. The number of hydrogen-bond acceptors (Lipinski definition) is 2. The summed E-state index contributed by atoms with van der Waals surface area (Å²) in [6.45, 7) is 2.14. The highest BCUT2D eigenvalue weighted by Gasteiger charge is 2.45. The van der Waals surface area contributed by atoms with E-state index in [0.29, 0.717) is 11.8 Å². The smallest absolute Gasteiger partial charge is 0.306 e. The Bertz CT molecular complexity index is 396. The summed E-state index contributed by atoms with van der Waals surface area (Å²) < 4.78 is 5.10. The first-order valence-electron chi connectivity index (χ1n) is 5.97. The van der Waals surface area contributed by atoms with E-state index >= 15 is 0 Å². The van der Waals surface area contributed by atoms with Crippen LogP contribution in [0.1, 0.15) is 18.9 Å². The normalized spacial score (nSPS) is 24.1. The van der Waals surface area contributed by atoms with Gasteiger partial charge < -0.3 is 9.84 Å². The molecule has 3 atom stereocenters. The van der Waals surface area contributed by atoms with Crippen LogP contribution in [0.3, 0.4) is 0 Å². The van der Waals surface area contributed by atoms with E-state index in [-0.39, 0.29) is 5.92 Å². The van der Waals surface area contributed by atoms with Crippen LogP contribution in [0, 0.1) is 17.8 Å². The SMILES string of the molecule is COc1ccc(CC(C)C2CC2C(=O)O)cc1. The van der Waals surface area contributed by atoms with Gasteiger partial charge in [-0.05, 0) is 42.4 Å². The van der Waals surface area contributed by atoms with E-state index in [1.807, 2.05) is 24.3 Å². The first-order valence-corrected chi connectivity index (χ1v) is 5.97. The molecule has 0 radical (unpaired) electrons. The third-order valence-corrected chi connectivity index (χ3v) is 3.60. The lowest BCUT2D eigenvalue weighted by molar-refractivity contribution is -0.139. The topological polar surface area (TPSA) is 46.5 Å². The van der Waals surface area contributed by atoms with Gasteiger partial charge in [0.15, 0.2) is 0 Å². The summed E-state index contributed by atoms with van der Waals surface area (Å²) in [5.74, 6) is 0.898. The summed E-state index contributed by atoms with van der Waals surface area (Å²) in [6, 6.07) is 7.99. The quantitative estimate of drug-likeness (QED) is 0.851. The van der Waals surface area contributed by atoms with Gasteiger partial charge in [0.05, 0.1) is 13.0 Å². The zero-order chi connectivity index (χ0) is 12.4. The van der Waals surface area contributed by atoms with Crippen LogP contribution in [-0.4, -0.2) is 18.2 Å². The molecule has 3 nitrogen and oxygen atoms in total. The summed E-state index contributed by atoms with van der Waals surface area (Å²) in [7, 11) is 1.65. The molecular formula is C14H18O3. The van der Waals surface area contributed by atoms with Gasteiger partial charge in [-0.25, -0.2) is 0 Å². The molecule has 3 heteroatoms. The Morgan fingerprint density at radius 2 is 2.12 bits per heavy atom. The molecule has 1 aliphatic rings. The van der Waals surface area contributed by atoms with Crippen molar-refractivity contribution in [2.24, 2.45) is 17.8 Å². The molecule has 0 aromatic heterocycles. The van der Waals surface area contributed by atoms with Gasteiger partial charge in [-0.15, -0.1) is 0 Å². The molecule has 1 N–H and O–H groups in total. The molecule has 1 aromatic rings. The lowest BCUT2D eigenvalue weighted by Crippen LogP contribution is -2.08. The van der Waals surface area contributed by atoms with Crippen molar-refractivity contribution >= 4 is 5.97 Å². The van der Waals surface area contributed by atoms with Gasteiger partial charge in [-0.1, -0.05) is 19.1 Å². The van der Waals surface area contributed by atoms with Crippen molar-refractivity contribution in [3.63, 3.8) is 0 Å². The second-order valence-corrected chi connectivity index (χ2v) is 4.87. The molecule has 3 unspecified atom stereocenters. The number of hydrogen-bond donors (Lipinski definition) is 1. The first kappa shape index (κ1) is 12.0. The van der Waals surface area contributed by atoms with E-state index in [9.17, 15) is 4.79 Å². The van der Waals surface area contributed by atoms with Crippen LogP contribution in [0.4, 0.5) is 0 Å². The lowest BCUT2D eigenvalue weighted by Gasteiger charge is -2.10. The number of carbonyl (C=O) groups is 1. The highest BCUT2D eigenvalue weighted by atomic mass is 16.5. The molecule has 0 saturated heterocycles. The van der Waals surface area contributed by atoms with Crippen molar-refractivity contribution in [1.82, 2.24) is 0 Å². The Morgan fingerprint density at radius 1 is 1.47 bits per heavy atom. The van der Waals surface area contributed by atoms with Crippen LogP contribution >= 0.6 is 0 Å². The Hall–Kier alpha value is -1.51. The molecule has 0 aliphatic heterocycles. The van der Waals surface area contributed by atoms with Gasteiger partial charge in [0.1, 0.15) is 5.75 Å². The number of methoxy groups -OCH3 is 1. The Morgan fingerprint density at radius 3 is 2.59 bits per heavy atom. The van der Waals surface area contributed by atoms with E-state index < -0.39 is 5.97 Å². The second kappa shape index (κ2) is 4.78. The van der Waals surface area contributed by atoms with Gasteiger partial charge in [0.2, 0.25) is 0 Å². The molecule has 0 heterocycles. The second-order valence-electron chi connectivity index (χ2n) is 4.87. The molecular weight excluding hydrogens is 216 g/mol. The maximum atomic E-state index is 10.8. The van der Waals surface area contributed by atoms with Crippen LogP contribution in [0.25, 0.3) is 0 Å². The van der Waals surface area contributed by atoms with Crippen molar-refractivity contribution in [2.45, 2.75) is 19.8 Å². The van der Waals surface area contributed by atoms with E-state index in [4.69, 9.17) is 9.84 Å². The van der Waals surface area contributed by atoms with E-state index in [0.717, 1.165) is 18.6 Å². The summed E-state index contributed by atoms with van der Waals surface area (Å²) in [4.78, 5) is 10.8. The predicted molar refractivity (Wildman–Crippen MR) is 65.1 cm³/mol. The van der Waals surface area contributed by atoms with Gasteiger partial charge in [-0.2, -0.15) is 0 Å². The van der Waals surface area contributed by atoms with Gasteiger partial charge >= 0.3 is 5.97 Å². The van der Waals surface area contributed by atoms with Crippen LogP contribution in [0.5, 0.6) is 5.75 Å². The highest BCUT2D eigenvalue weighted by molar-refractivity contribution is 5.73. The molecule has 0 bridgehead atoms. The Balaban J connectivity index is 1.90. The number of ether oxygens (including phenoxy) is 1. The third kappa shape index (κ3) is 2.78. The van der Waals surface area contributed by atoms with E-state index in [1.165, 1.54) is 5.56 Å². The monoisotopic (exact) mass is 234 g/mol. The van der Waals surface area contributed by atoms with Gasteiger partial charge in [0.25, 0.3) is 0 Å². The minimum Gasteiger partial charge on any atom is -0.497 e. The molecule has 92 valence electrons. The average molecular weight is 234 g/mol. The first-order chi connectivity index (χ1) is 8.11. The molecule has 1 aliphatic carbocycles. The summed E-state index contributed by atoms with van der Waals surface area (Å²) in [5, 5.41) is 8.89. The molecule has 1 saturated carbocycles. The number of rotatable bonds is 5. The van der Waals surface area contributed by atoms with Crippen molar-refractivity contribution in [3.8, 4) is 5.75 Å². The predicted octanol–water partition coefficient (Wildman–Crippen LogP) is 2.59. The van der Waals surface area contributed by atoms with Crippen LogP contribution in [-0.2, 0) is 11.2 Å². The minimum atomic E-state index is -0.642. The fraction of sp³-hybridized carbons (Fsp3) is 0.500. The summed E-state index contributed by atoms with van der Waals surface area (Å²) >= 11 is 0. The van der Waals surface area contributed by atoms with Crippen molar-refractivity contribution in [3.05, 3.63) is 29.8 Å². The van der Waals surface area contributed by atoms with E-state index in [2.05, 4.69) is 6.92 Å². The maximum absolute atomic E-state index is 10.8.